The zero-order valence-electron chi connectivity index (χ0n) is 16.6. The molecule has 1 aliphatic rings. The second-order valence-electron chi connectivity index (χ2n) is 6.88. The van der Waals surface area contributed by atoms with Gasteiger partial charge in [0.2, 0.25) is 0 Å². The number of aromatic nitrogens is 2. The molecule has 1 fully saturated rings. The molecule has 3 aromatic rings. The van der Waals surface area contributed by atoms with Crippen LogP contribution in [0, 0.1) is 0 Å². The van der Waals surface area contributed by atoms with Crippen molar-refractivity contribution in [3.05, 3.63) is 60.3 Å². The van der Waals surface area contributed by atoms with Crippen molar-refractivity contribution in [2.24, 2.45) is 7.05 Å². The Morgan fingerprint density at radius 3 is 2.72 bits per heavy atom. The Morgan fingerprint density at radius 1 is 1.17 bits per heavy atom. The fourth-order valence-corrected chi connectivity index (χ4v) is 3.48. The van der Waals surface area contributed by atoms with Gasteiger partial charge >= 0.3 is 0 Å². The fraction of sp³-hybridized carbons (Fsp3) is 0.273. The third-order valence-electron chi connectivity index (χ3n) is 4.91. The topological polar surface area (TPSA) is 68.6 Å². The van der Waals surface area contributed by atoms with Crippen LogP contribution in [0.2, 0.25) is 0 Å². The Balaban J connectivity index is 1.49. The number of carbonyl (C=O) groups is 1. The number of nitrogens with zero attached hydrogens (tertiary/aromatic N) is 3. The molecule has 0 radical (unpaired) electrons. The molecule has 2 heterocycles. The van der Waals surface area contributed by atoms with Crippen LogP contribution in [0.1, 0.15) is 5.56 Å². The van der Waals surface area contributed by atoms with Crippen molar-refractivity contribution in [3.63, 3.8) is 0 Å². The Bertz CT molecular complexity index is 998. The minimum atomic E-state index is -0.00577. The summed E-state index contributed by atoms with van der Waals surface area (Å²) >= 11 is 0. The quantitative estimate of drug-likeness (QED) is 0.698. The van der Waals surface area contributed by atoms with Gasteiger partial charge in [-0.15, -0.1) is 0 Å². The van der Waals surface area contributed by atoms with E-state index >= 15 is 0 Å². The van der Waals surface area contributed by atoms with Crippen LogP contribution in [0.3, 0.4) is 0 Å². The van der Waals surface area contributed by atoms with Gasteiger partial charge in [-0.1, -0.05) is 12.1 Å². The van der Waals surface area contributed by atoms with Crippen molar-refractivity contribution in [2.45, 2.75) is 6.54 Å². The highest BCUT2D eigenvalue weighted by molar-refractivity contribution is 5.95. The number of rotatable bonds is 6. The Labute approximate surface area is 169 Å². The molecule has 29 heavy (non-hydrogen) atoms. The maximum absolute atomic E-state index is 12.0. The third kappa shape index (κ3) is 4.09. The lowest BCUT2D eigenvalue weighted by molar-refractivity contribution is -0.125. The van der Waals surface area contributed by atoms with E-state index in [1.54, 1.807) is 12.0 Å². The predicted octanol–water partition coefficient (Wildman–Crippen LogP) is 3.07. The van der Waals surface area contributed by atoms with Crippen LogP contribution in [0.5, 0.6) is 5.75 Å². The Kier molecular flexibility index (Phi) is 5.48. The van der Waals surface area contributed by atoms with E-state index in [1.165, 1.54) is 0 Å². The van der Waals surface area contributed by atoms with Gasteiger partial charge in [-0.05, 0) is 36.4 Å². The molecule has 7 heteroatoms. The van der Waals surface area contributed by atoms with Crippen molar-refractivity contribution < 1.29 is 14.3 Å². The van der Waals surface area contributed by atoms with Crippen molar-refractivity contribution in [2.75, 3.05) is 37.1 Å². The number of carbonyl (C=O) groups excluding carboxylic acids is 1. The molecule has 1 amide bonds. The molecule has 1 aliphatic heterocycles. The number of benzene rings is 2. The molecule has 1 saturated heterocycles. The zero-order valence-corrected chi connectivity index (χ0v) is 16.6. The van der Waals surface area contributed by atoms with Crippen LogP contribution in [0.15, 0.2) is 54.7 Å². The number of ether oxygens (including phenoxy) is 2. The van der Waals surface area contributed by atoms with Gasteiger partial charge in [-0.3, -0.25) is 9.48 Å². The Hall–Kier alpha value is -3.32. The van der Waals surface area contributed by atoms with Crippen LogP contribution in [-0.4, -0.2) is 42.6 Å². The molecule has 4 rings (SSSR count). The van der Waals surface area contributed by atoms with Gasteiger partial charge in [0.25, 0.3) is 5.91 Å². The van der Waals surface area contributed by atoms with Crippen molar-refractivity contribution >= 4 is 17.3 Å². The number of amides is 1. The number of anilines is 2. The summed E-state index contributed by atoms with van der Waals surface area (Å²) in [5, 5.41) is 8.07. The van der Waals surface area contributed by atoms with Gasteiger partial charge in [-0.2, -0.15) is 5.10 Å². The van der Waals surface area contributed by atoms with E-state index < -0.39 is 0 Å². The van der Waals surface area contributed by atoms with Gasteiger partial charge in [-0.25, -0.2) is 0 Å². The van der Waals surface area contributed by atoms with E-state index in [0.717, 1.165) is 33.9 Å². The largest absolute Gasteiger partial charge is 0.496 e. The van der Waals surface area contributed by atoms with Crippen LogP contribution in [0.25, 0.3) is 11.3 Å². The second kappa shape index (κ2) is 8.36. The summed E-state index contributed by atoms with van der Waals surface area (Å²) in [6.45, 7) is 1.92. The minimum absolute atomic E-state index is 0.00577. The van der Waals surface area contributed by atoms with E-state index in [1.807, 2.05) is 66.5 Å². The van der Waals surface area contributed by atoms with Crippen LogP contribution >= 0.6 is 0 Å². The zero-order chi connectivity index (χ0) is 20.2. The number of hydrogen-bond acceptors (Lipinski definition) is 5. The SMILES string of the molecule is COc1ccccc1-c1nn(C)cc1CNc1ccc(N2CCOCC2=O)cc1. The van der Waals surface area contributed by atoms with E-state index in [-0.39, 0.29) is 12.5 Å². The molecule has 0 atom stereocenters. The third-order valence-corrected chi connectivity index (χ3v) is 4.91. The van der Waals surface area contributed by atoms with Gasteiger partial charge < -0.3 is 19.7 Å². The molecule has 1 aromatic heterocycles. The number of nitrogens with one attached hydrogen (secondary N) is 1. The average molecular weight is 392 g/mol. The van der Waals surface area contributed by atoms with Crippen molar-refractivity contribution in [1.29, 1.82) is 0 Å². The maximum Gasteiger partial charge on any atom is 0.253 e. The number of para-hydroxylation sites is 1. The van der Waals surface area contributed by atoms with E-state index in [2.05, 4.69) is 10.4 Å². The summed E-state index contributed by atoms with van der Waals surface area (Å²) in [6.07, 6.45) is 2.01. The molecule has 150 valence electrons. The molecule has 0 saturated carbocycles. The van der Waals surface area contributed by atoms with Crippen LogP contribution in [-0.2, 0) is 23.1 Å². The minimum Gasteiger partial charge on any atom is -0.496 e. The molecule has 1 N–H and O–H groups in total. The molecule has 0 aliphatic carbocycles. The summed E-state index contributed by atoms with van der Waals surface area (Å²) < 4.78 is 12.5. The second-order valence-corrected chi connectivity index (χ2v) is 6.88. The van der Waals surface area contributed by atoms with E-state index in [9.17, 15) is 4.79 Å². The molecule has 0 unspecified atom stereocenters. The first-order chi connectivity index (χ1) is 14.2. The van der Waals surface area contributed by atoms with Gasteiger partial charge in [0, 0.05) is 48.8 Å². The smallest absolute Gasteiger partial charge is 0.253 e. The lowest BCUT2D eigenvalue weighted by atomic mass is 10.1. The first kappa shape index (κ1) is 19.0. The average Bonchev–Trinajstić information content (AvgIpc) is 3.13. The maximum atomic E-state index is 12.0. The number of aryl methyl sites for hydroxylation is 1. The van der Waals surface area contributed by atoms with E-state index in [4.69, 9.17) is 9.47 Å². The highest BCUT2D eigenvalue weighted by Gasteiger charge is 2.20. The number of methoxy groups -OCH3 is 1. The lowest BCUT2D eigenvalue weighted by Gasteiger charge is -2.27. The fourth-order valence-electron chi connectivity index (χ4n) is 3.48. The normalized spacial score (nSPS) is 14.1. The van der Waals surface area contributed by atoms with E-state index in [0.29, 0.717) is 19.7 Å². The molecule has 7 nitrogen and oxygen atoms in total. The molecular weight excluding hydrogens is 368 g/mol. The first-order valence-electron chi connectivity index (χ1n) is 9.53. The number of hydrogen-bond donors (Lipinski definition) is 1. The summed E-state index contributed by atoms with van der Waals surface area (Å²) in [5.41, 5.74) is 4.80. The highest BCUT2D eigenvalue weighted by Crippen LogP contribution is 2.31. The predicted molar refractivity (Wildman–Crippen MR) is 112 cm³/mol. The standard InChI is InChI=1S/C22H24N4O3/c1-25-14-16(22(24-25)19-5-3-4-6-20(19)28-2)13-23-17-7-9-18(10-8-17)26-11-12-29-15-21(26)27/h3-10,14,23H,11-13,15H2,1-2H3. The molecule has 0 bridgehead atoms. The van der Waals surface area contributed by atoms with Gasteiger partial charge in [0.05, 0.1) is 13.7 Å². The summed E-state index contributed by atoms with van der Waals surface area (Å²) in [5.74, 6) is 0.792. The summed E-state index contributed by atoms with van der Waals surface area (Å²) in [4.78, 5) is 13.7. The Morgan fingerprint density at radius 2 is 1.97 bits per heavy atom. The van der Waals surface area contributed by atoms with Crippen LogP contribution in [0.4, 0.5) is 11.4 Å². The monoisotopic (exact) mass is 392 g/mol. The summed E-state index contributed by atoms with van der Waals surface area (Å²) in [7, 11) is 3.58. The number of morpholine rings is 1. The molecule has 2 aromatic carbocycles. The lowest BCUT2D eigenvalue weighted by Crippen LogP contribution is -2.41. The van der Waals surface area contributed by atoms with Crippen LogP contribution < -0.4 is 15.0 Å². The molecule has 0 spiro atoms. The summed E-state index contributed by atoms with van der Waals surface area (Å²) in [6, 6.07) is 15.8. The highest BCUT2D eigenvalue weighted by atomic mass is 16.5. The van der Waals surface area contributed by atoms with Crippen molar-refractivity contribution in [3.8, 4) is 17.0 Å². The van der Waals surface area contributed by atoms with Gasteiger partial charge in [0.1, 0.15) is 18.1 Å². The first-order valence-corrected chi connectivity index (χ1v) is 9.53. The van der Waals surface area contributed by atoms with Gasteiger partial charge in [0.15, 0.2) is 0 Å². The van der Waals surface area contributed by atoms with Crippen molar-refractivity contribution in [1.82, 2.24) is 9.78 Å². The molecular formula is C22H24N4O3.